The number of hydrogen-bond donors (Lipinski definition) is 1. The number of nitrogens with one attached hydrogen (secondary N) is 1. The maximum absolute atomic E-state index is 13.7. The second-order valence-corrected chi connectivity index (χ2v) is 6.23. The molecule has 1 N–H and O–H groups in total. The molecule has 0 spiro atoms. The Balaban J connectivity index is 2.05. The van der Waals surface area contributed by atoms with E-state index in [4.69, 9.17) is 0 Å². The summed E-state index contributed by atoms with van der Waals surface area (Å²) in [5.74, 6) is -0.183. The van der Waals surface area contributed by atoms with Crippen molar-refractivity contribution in [3.8, 4) is 0 Å². The van der Waals surface area contributed by atoms with Crippen molar-refractivity contribution in [2.45, 2.75) is 19.5 Å². The van der Waals surface area contributed by atoms with Crippen LogP contribution >= 0.6 is 31.9 Å². The number of rotatable bonds is 4. The molecule has 0 aliphatic rings. The van der Waals surface area contributed by atoms with Crippen LogP contribution in [0.25, 0.3) is 0 Å². The van der Waals surface area contributed by atoms with E-state index in [1.165, 1.54) is 6.07 Å². The molecule has 1 atom stereocenters. The minimum Gasteiger partial charge on any atom is -0.306 e. The quantitative estimate of drug-likeness (QED) is 0.761. The average molecular weight is 387 g/mol. The van der Waals surface area contributed by atoms with Gasteiger partial charge in [0.05, 0.1) is 0 Å². The first-order valence-electron chi connectivity index (χ1n) is 5.99. The Bertz CT molecular complexity index is 572. The second kappa shape index (κ2) is 6.64. The Morgan fingerprint density at radius 3 is 2.58 bits per heavy atom. The van der Waals surface area contributed by atoms with Crippen LogP contribution < -0.4 is 5.32 Å². The Hall–Kier alpha value is -0.710. The molecule has 1 nitrogen and oxygen atoms in total. The van der Waals surface area contributed by atoms with Crippen LogP contribution in [0, 0.1) is 5.82 Å². The molecule has 1 unspecified atom stereocenters. The molecule has 0 saturated heterocycles. The van der Waals surface area contributed by atoms with Gasteiger partial charge in [-0.05, 0) is 42.8 Å². The van der Waals surface area contributed by atoms with Crippen LogP contribution in [-0.4, -0.2) is 0 Å². The molecule has 0 fully saturated rings. The zero-order valence-electron chi connectivity index (χ0n) is 10.5. The number of benzene rings is 2. The number of halogens is 3. The van der Waals surface area contributed by atoms with Crippen molar-refractivity contribution in [2.75, 3.05) is 0 Å². The molecule has 2 rings (SSSR count). The molecule has 100 valence electrons. The van der Waals surface area contributed by atoms with Crippen molar-refractivity contribution in [1.82, 2.24) is 5.32 Å². The molecule has 2 aromatic carbocycles. The first-order chi connectivity index (χ1) is 9.06. The molecule has 0 aliphatic heterocycles. The molecule has 0 saturated carbocycles. The first kappa shape index (κ1) is 14.7. The van der Waals surface area contributed by atoms with Crippen molar-refractivity contribution < 1.29 is 4.39 Å². The minimum atomic E-state index is -0.183. The molecule has 0 heterocycles. The third kappa shape index (κ3) is 4.13. The normalized spacial score (nSPS) is 12.4. The van der Waals surface area contributed by atoms with Gasteiger partial charge in [0.15, 0.2) is 0 Å². The Morgan fingerprint density at radius 1 is 1.11 bits per heavy atom. The van der Waals surface area contributed by atoms with Crippen LogP contribution in [0.2, 0.25) is 0 Å². The summed E-state index contributed by atoms with van der Waals surface area (Å²) in [4.78, 5) is 0. The highest BCUT2D eigenvalue weighted by atomic mass is 79.9. The summed E-state index contributed by atoms with van der Waals surface area (Å²) in [5, 5.41) is 3.33. The lowest BCUT2D eigenvalue weighted by Gasteiger charge is -2.15. The van der Waals surface area contributed by atoms with Crippen LogP contribution in [0.15, 0.2) is 51.4 Å². The molecule has 19 heavy (non-hydrogen) atoms. The highest BCUT2D eigenvalue weighted by Crippen LogP contribution is 2.22. The fraction of sp³-hybridized carbons (Fsp3) is 0.200. The van der Waals surface area contributed by atoms with Gasteiger partial charge in [-0.15, -0.1) is 0 Å². The number of hydrogen-bond acceptors (Lipinski definition) is 1. The van der Waals surface area contributed by atoms with Gasteiger partial charge in [-0.2, -0.15) is 0 Å². The van der Waals surface area contributed by atoms with E-state index in [1.54, 1.807) is 6.07 Å². The lowest BCUT2D eigenvalue weighted by atomic mass is 10.1. The standard InChI is InChI=1S/C15H14Br2FN/c1-10(14-8-13(17)5-6-15(14)18)19-9-11-3-2-4-12(16)7-11/h2-8,10,19H,9H2,1H3. The summed E-state index contributed by atoms with van der Waals surface area (Å²) >= 11 is 6.81. The summed E-state index contributed by atoms with van der Waals surface area (Å²) in [6.45, 7) is 2.66. The molecule has 0 aromatic heterocycles. The van der Waals surface area contributed by atoms with E-state index in [0.717, 1.165) is 14.5 Å². The van der Waals surface area contributed by atoms with Crippen LogP contribution in [0.3, 0.4) is 0 Å². The maximum atomic E-state index is 13.7. The van der Waals surface area contributed by atoms with E-state index in [2.05, 4.69) is 43.2 Å². The zero-order chi connectivity index (χ0) is 13.8. The predicted molar refractivity (Wildman–Crippen MR) is 83.5 cm³/mol. The van der Waals surface area contributed by atoms with Gasteiger partial charge in [-0.25, -0.2) is 4.39 Å². The van der Waals surface area contributed by atoms with E-state index in [1.807, 2.05) is 31.2 Å². The van der Waals surface area contributed by atoms with Gasteiger partial charge < -0.3 is 5.32 Å². The van der Waals surface area contributed by atoms with Gasteiger partial charge in [-0.3, -0.25) is 0 Å². The highest BCUT2D eigenvalue weighted by Gasteiger charge is 2.10. The minimum absolute atomic E-state index is 0.0449. The first-order valence-corrected chi connectivity index (χ1v) is 7.57. The average Bonchev–Trinajstić information content (AvgIpc) is 2.39. The van der Waals surface area contributed by atoms with E-state index >= 15 is 0 Å². The topological polar surface area (TPSA) is 12.0 Å². The van der Waals surface area contributed by atoms with Crippen molar-refractivity contribution >= 4 is 31.9 Å². The Kier molecular flexibility index (Phi) is 5.13. The zero-order valence-corrected chi connectivity index (χ0v) is 13.6. The van der Waals surface area contributed by atoms with Crippen molar-refractivity contribution in [3.63, 3.8) is 0 Å². The smallest absolute Gasteiger partial charge is 0.128 e. The van der Waals surface area contributed by atoms with Gasteiger partial charge in [0.2, 0.25) is 0 Å². The lowest BCUT2D eigenvalue weighted by Crippen LogP contribution is -2.19. The molecular weight excluding hydrogens is 373 g/mol. The summed E-state index contributed by atoms with van der Waals surface area (Å²) in [5.41, 5.74) is 1.83. The van der Waals surface area contributed by atoms with Gasteiger partial charge >= 0.3 is 0 Å². The molecule has 0 bridgehead atoms. The van der Waals surface area contributed by atoms with Gasteiger partial charge in [0.1, 0.15) is 5.82 Å². The summed E-state index contributed by atoms with van der Waals surface area (Å²) in [7, 11) is 0. The summed E-state index contributed by atoms with van der Waals surface area (Å²) in [6.07, 6.45) is 0. The van der Waals surface area contributed by atoms with E-state index in [0.29, 0.717) is 12.1 Å². The molecule has 0 aliphatic carbocycles. The fourth-order valence-electron chi connectivity index (χ4n) is 1.87. The monoisotopic (exact) mass is 385 g/mol. The van der Waals surface area contributed by atoms with Crippen molar-refractivity contribution in [3.05, 3.63) is 68.4 Å². The fourth-order valence-corrected chi connectivity index (χ4v) is 2.70. The lowest BCUT2D eigenvalue weighted by molar-refractivity contribution is 0.528. The van der Waals surface area contributed by atoms with Gasteiger partial charge in [0, 0.05) is 27.1 Å². The van der Waals surface area contributed by atoms with Crippen LogP contribution in [-0.2, 0) is 6.54 Å². The highest BCUT2D eigenvalue weighted by molar-refractivity contribution is 9.10. The van der Waals surface area contributed by atoms with E-state index in [-0.39, 0.29) is 11.9 Å². The van der Waals surface area contributed by atoms with Gasteiger partial charge in [0.25, 0.3) is 0 Å². The molecular formula is C15H14Br2FN. The predicted octanol–water partition coefficient (Wildman–Crippen LogP) is 5.20. The molecule has 0 radical (unpaired) electrons. The van der Waals surface area contributed by atoms with Crippen LogP contribution in [0.5, 0.6) is 0 Å². The SMILES string of the molecule is CC(NCc1cccc(Br)c1)c1cc(Br)ccc1F. The van der Waals surface area contributed by atoms with Gasteiger partial charge in [-0.1, -0.05) is 44.0 Å². The maximum Gasteiger partial charge on any atom is 0.128 e. The van der Waals surface area contributed by atoms with E-state index in [9.17, 15) is 4.39 Å². The van der Waals surface area contributed by atoms with Crippen LogP contribution in [0.1, 0.15) is 24.1 Å². The third-order valence-corrected chi connectivity index (χ3v) is 3.91. The Labute approximate surface area is 129 Å². The Morgan fingerprint density at radius 2 is 1.84 bits per heavy atom. The van der Waals surface area contributed by atoms with E-state index < -0.39 is 0 Å². The molecule has 2 aromatic rings. The van der Waals surface area contributed by atoms with Crippen molar-refractivity contribution in [1.29, 1.82) is 0 Å². The molecule has 0 amide bonds. The largest absolute Gasteiger partial charge is 0.306 e. The van der Waals surface area contributed by atoms with Crippen LogP contribution in [0.4, 0.5) is 4.39 Å². The molecule has 4 heteroatoms. The summed E-state index contributed by atoms with van der Waals surface area (Å²) < 4.78 is 15.7. The third-order valence-electron chi connectivity index (χ3n) is 2.93. The summed E-state index contributed by atoms with van der Waals surface area (Å²) in [6, 6.07) is 13.0. The van der Waals surface area contributed by atoms with Crippen molar-refractivity contribution in [2.24, 2.45) is 0 Å². The second-order valence-electron chi connectivity index (χ2n) is 4.40.